The van der Waals surface area contributed by atoms with Crippen LogP contribution in [-0.4, -0.2) is 23.0 Å². The first-order chi connectivity index (χ1) is 12.7. The molecule has 1 aliphatic heterocycles. The summed E-state index contributed by atoms with van der Waals surface area (Å²) in [4.78, 5) is 28.1. The van der Waals surface area contributed by atoms with E-state index in [1.54, 1.807) is 12.3 Å². The third-order valence-electron chi connectivity index (χ3n) is 6.12. The van der Waals surface area contributed by atoms with E-state index in [1.165, 1.54) is 32.1 Å². The average molecular weight is 350 g/mol. The van der Waals surface area contributed by atoms with Crippen LogP contribution in [0, 0.1) is 17.8 Å². The van der Waals surface area contributed by atoms with Crippen molar-refractivity contribution in [3.8, 4) is 0 Å². The van der Waals surface area contributed by atoms with Crippen LogP contribution >= 0.6 is 0 Å². The van der Waals surface area contributed by atoms with Crippen LogP contribution in [0.3, 0.4) is 0 Å². The number of hydrazone groups is 1. The summed E-state index contributed by atoms with van der Waals surface area (Å²) < 4.78 is 0. The van der Waals surface area contributed by atoms with Gasteiger partial charge in [0.15, 0.2) is 0 Å². The van der Waals surface area contributed by atoms with Gasteiger partial charge in [-0.05, 0) is 30.4 Å². The predicted octanol–water partition coefficient (Wildman–Crippen LogP) is 3.40. The highest BCUT2D eigenvalue weighted by Crippen LogP contribution is 2.49. The molecule has 6 nitrogen and oxygen atoms in total. The molecule has 2 aliphatic carbocycles. The Bertz CT molecular complexity index is 923. The molecule has 3 N–H and O–H groups in total. The number of H-pyrrole nitrogens is 1. The van der Waals surface area contributed by atoms with E-state index in [2.05, 4.69) is 20.8 Å². The molecule has 5 rings (SSSR count). The molecule has 2 fully saturated rings. The maximum absolute atomic E-state index is 12.7. The number of rotatable bonds is 3. The second kappa shape index (κ2) is 5.97. The molecule has 2 atom stereocenters. The van der Waals surface area contributed by atoms with Gasteiger partial charge < -0.3 is 10.3 Å². The molecule has 2 unspecified atom stereocenters. The van der Waals surface area contributed by atoms with Crippen LogP contribution in [0.5, 0.6) is 0 Å². The number of aromatic nitrogens is 1. The van der Waals surface area contributed by atoms with Crippen LogP contribution in [0.2, 0.25) is 0 Å². The molecule has 2 saturated carbocycles. The fourth-order valence-electron chi connectivity index (χ4n) is 4.70. The maximum atomic E-state index is 12.7. The molecular weight excluding hydrogens is 328 g/mol. The molecule has 2 aromatic rings. The molecule has 1 aromatic heterocycles. The van der Waals surface area contributed by atoms with Crippen molar-refractivity contribution >= 4 is 34.6 Å². The molecular formula is C20H22N4O2. The third kappa shape index (κ3) is 2.60. The topological polar surface area (TPSA) is 86.3 Å². The van der Waals surface area contributed by atoms with E-state index < -0.39 is 0 Å². The van der Waals surface area contributed by atoms with Crippen molar-refractivity contribution in [2.45, 2.75) is 38.5 Å². The molecule has 26 heavy (non-hydrogen) atoms. The quantitative estimate of drug-likeness (QED) is 0.792. The van der Waals surface area contributed by atoms with Crippen molar-refractivity contribution in [1.29, 1.82) is 0 Å². The molecule has 0 radical (unpaired) electrons. The van der Waals surface area contributed by atoms with Gasteiger partial charge in [0.1, 0.15) is 0 Å². The van der Waals surface area contributed by atoms with Gasteiger partial charge >= 0.3 is 0 Å². The Balaban J connectivity index is 1.36. The van der Waals surface area contributed by atoms with Gasteiger partial charge in [0.2, 0.25) is 5.91 Å². The Morgan fingerprint density at radius 2 is 2.04 bits per heavy atom. The molecule has 6 heteroatoms. The van der Waals surface area contributed by atoms with Gasteiger partial charge in [-0.15, -0.1) is 0 Å². The maximum Gasteiger partial charge on any atom is 0.272 e. The minimum absolute atomic E-state index is 0.0872. The SMILES string of the molecule is O=C1NN=Cc2c[nH]c3cc(NC(=O)C4CC4C4CCCCC4)cc1c23. The first kappa shape index (κ1) is 15.6. The summed E-state index contributed by atoms with van der Waals surface area (Å²) in [5.41, 5.74) is 5.40. The van der Waals surface area contributed by atoms with Gasteiger partial charge in [0, 0.05) is 34.3 Å². The van der Waals surface area contributed by atoms with E-state index in [9.17, 15) is 9.59 Å². The zero-order valence-electron chi connectivity index (χ0n) is 14.5. The molecule has 0 spiro atoms. The Morgan fingerprint density at radius 1 is 1.19 bits per heavy atom. The van der Waals surface area contributed by atoms with Gasteiger partial charge in [0.25, 0.3) is 5.91 Å². The molecule has 2 heterocycles. The summed E-state index contributed by atoms with van der Waals surface area (Å²) in [5.74, 6) is 1.23. The molecule has 1 aromatic carbocycles. The largest absolute Gasteiger partial charge is 0.360 e. The van der Waals surface area contributed by atoms with Crippen molar-refractivity contribution in [3.63, 3.8) is 0 Å². The summed E-state index contributed by atoms with van der Waals surface area (Å²) in [6.45, 7) is 0. The molecule has 134 valence electrons. The van der Waals surface area contributed by atoms with E-state index >= 15 is 0 Å². The lowest BCUT2D eigenvalue weighted by molar-refractivity contribution is -0.117. The van der Waals surface area contributed by atoms with Crippen LogP contribution in [0.25, 0.3) is 10.9 Å². The standard InChI is InChI=1S/C20H22N4O2/c25-19(15-8-14(15)11-4-2-1-3-5-11)23-13-6-16-18-12(9-21-17(18)7-13)10-22-24-20(16)26/h6-7,9-11,14-15,21H,1-5,8H2,(H,23,25)(H,24,26). The van der Waals surface area contributed by atoms with Crippen LogP contribution < -0.4 is 10.7 Å². The molecule has 3 aliphatic rings. The summed E-state index contributed by atoms with van der Waals surface area (Å²) in [7, 11) is 0. The van der Waals surface area contributed by atoms with Gasteiger partial charge in [-0.2, -0.15) is 5.10 Å². The smallest absolute Gasteiger partial charge is 0.272 e. The van der Waals surface area contributed by atoms with Crippen LogP contribution in [-0.2, 0) is 4.79 Å². The highest BCUT2D eigenvalue weighted by Gasteiger charge is 2.47. The predicted molar refractivity (Wildman–Crippen MR) is 100 cm³/mol. The van der Waals surface area contributed by atoms with Crippen LogP contribution in [0.1, 0.15) is 54.4 Å². The minimum Gasteiger partial charge on any atom is -0.360 e. The zero-order chi connectivity index (χ0) is 17.7. The molecule has 0 bridgehead atoms. The summed E-state index contributed by atoms with van der Waals surface area (Å²) in [6, 6.07) is 3.64. The number of carbonyl (C=O) groups excluding carboxylic acids is 2. The Kier molecular flexibility index (Phi) is 3.58. The summed E-state index contributed by atoms with van der Waals surface area (Å²) in [6.07, 6.45) is 11.0. The number of amides is 2. The lowest BCUT2D eigenvalue weighted by Crippen LogP contribution is -2.19. The van der Waals surface area contributed by atoms with Crippen LogP contribution in [0.4, 0.5) is 5.69 Å². The van der Waals surface area contributed by atoms with Crippen molar-refractivity contribution < 1.29 is 9.59 Å². The Hall–Kier alpha value is -2.63. The van der Waals surface area contributed by atoms with E-state index in [4.69, 9.17) is 0 Å². The molecule has 2 amide bonds. The van der Waals surface area contributed by atoms with Gasteiger partial charge in [-0.25, -0.2) is 5.43 Å². The van der Waals surface area contributed by atoms with Gasteiger partial charge in [0.05, 0.1) is 11.8 Å². The number of anilines is 1. The Labute approximate surface area is 151 Å². The minimum atomic E-state index is -0.257. The second-order valence-corrected chi connectivity index (χ2v) is 7.78. The number of nitrogens with zero attached hydrogens (tertiary/aromatic N) is 1. The normalized spacial score (nSPS) is 25.0. The van der Waals surface area contributed by atoms with Crippen molar-refractivity contribution in [2.24, 2.45) is 22.9 Å². The fraction of sp³-hybridized carbons (Fsp3) is 0.450. The van der Waals surface area contributed by atoms with E-state index in [0.717, 1.165) is 28.8 Å². The van der Waals surface area contributed by atoms with Gasteiger partial charge in [-0.3, -0.25) is 9.59 Å². The lowest BCUT2D eigenvalue weighted by Gasteiger charge is -2.21. The number of hydrogen-bond donors (Lipinski definition) is 3. The first-order valence-corrected chi connectivity index (χ1v) is 9.50. The van der Waals surface area contributed by atoms with Crippen molar-refractivity contribution in [2.75, 3.05) is 5.32 Å². The van der Waals surface area contributed by atoms with Crippen LogP contribution in [0.15, 0.2) is 23.4 Å². The van der Waals surface area contributed by atoms with E-state index in [1.807, 2.05) is 12.3 Å². The highest BCUT2D eigenvalue weighted by molar-refractivity contribution is 6.15. The average Bonchev–Trinajstić information content (AvgIpc) is 3.39. The Morgan fingerprint density at radius 3 is 2.88 bits per heavy atom. The number of hydrogen-bond acceptors (Lipinski definition) is 3. The lowest BCUT2D eigenvalue weighted by atomic mass is 9.85. The van der Waals surface area contributed by atoms with Crippen molar-refractivity contribution in [1.82, 2.24) is 10.4 Å². The number of benzene rings is 1. The monoisotopic (exact) mass is 350 g/mol. The fourth-order valence-corrected chi connectivity index (χ4v) is 4.70. The summed E-state index contributed by atoms with van der Waals surface area (Å²) >= 11 is 0. The van der Waals surface area contributed by atoms with Gasteiger partial charge in [-0.1, -0.05) is 32.1 Å². The van der Waals surface area contributed by atoms with E-state index in [-0.39, 0.29) is 17.7 Å². The second-order valence-electron chi connectivity index (χ2n) is 7.78. The number of carbonyl (C=O) groups is 2. The third-order valence-corrected chi connectivity index (χ3v) is 6.12. The van der Waals surface area contributed by atoms with Crippen molar-refractivity contribution in [3.05, 3.63) is 29.5 Å². The highest BCUT2D eigenvalue weighted by atomic mass is 16.2. The molecule has 0 saturated heterocycles. The first-order valence-electron chi connectivity index (χ1n) is 9.50. The summed E-state index contributed by atoms with van der Waals surface area (Å²) in [5, 5.41) is 7.80. The zero-order valence-corrected chi connectivity index (χ0v) is 14.5. The number of nitrogens with one attached hydrogen (secondary N) is 3. The number of aromatic amines is 1. The van der Waals surface area contributed by atoms with E-state index in [0.29, 0.717) is 17.2 Å².